The highest BCUT2D eigenvalue weighted by atomic mass is 15.1. The van der Waals surface area contributed by atoms with E-state index in [0.29, 0.717) is 0 Å². The Bertz CT molecular complexity index is 803. The van der Waals surface area contributed by atoms with Crippen molar-refractivity contribution in [1.82, 2.24) is 0 Å². The molecule has 0 N–H and O–H groups in total. The lowest BCUT2D eigenvalue weighted by molar-refractivity contribution is 1.13. The second-order valence-electron chi connectivity index (χ2n) is 4.29. The fourth-order valence-electron chi connectivity index (χ4n) is 1.92. The summed E-state index contributed by atoms with van der Waals surface area (Å²) in [6.45, 7) is 0. The van der Waals surface area contributed by atoms with E-state index in [4.69, 9.17) is 0 Å². The van der Waals surface area contributed by atoms with Gasteiger partial charge in [0.25, 0.3) is 0 Å². The monoisotopic (exact) mass is 259 g/mol. The molecule has 2 aliphatic rings. The number of azo groups is 1. The number of hydrogen-bond acceptors (Lipinski definition) is 3. The van der Waals surface area contributed by atoms with E-state index in [2.05, 4.69) is 15.2 Å². The first-order valence-electron chi connectivity index (χ1n) is 6.40. The lowest BCUT2D eigenvalue weighted by atomic mass is 10.1. The SMILES string of the molecule is C1=CC=C(C2=CN=c3ccccc3=CC=C2)N=NC=C1. The van der Waals surface area contributed by atoms with Crippen molar-refractivity contribution in [1.29, 1.82) is 0 Å². The molecule has 0 spiro atoms. The van der Waals surface area contributed by atoms with Crippen LogP contribution in [0.2, 0.25) is 0 Å². The van der Waals surface area contributed by atoms with Crippen LogP contribution in [0.5, 0.6) is 0 Å². The second-order valence-corrected chi connectivity index (χ2v) is 4.29. The lowest BCUT2D eigenvalue weighted by Crippen LogP contribution is -2.23. The van der Waals surface area contributed by atoms with E-state index in [1.54, 1.807) is 6.20 Å². The highest BCUT2D eigenvalue weighted by Crippen LogP contribution is 2.16. The molecule has 20 heavy (non-hydrogen) atoms. The molecule has 0 bridgehead atoms. The van der Waals surface area contributed by atoms with Crippen molar-refractivity contribution in [2.75, 3.05) is 0 Å². The van der Waals surface area contributed by atoms with Gasteiger partial charge in [0.05, 0.1) is 11.1 Å². The Hall–Kier alpha value is -2.81. The van der Waals surface area contributed by atoms with Crippen molar-refractivity contribution in [2.45, 2.75) is 0 Å². The number of fused-ring (bicyclic) bond motifs is 1. The summed E-state index contributed by atoms with van der Waals surface area (Å²) in [6.07, 6.45) is 17.2. The molecule has 0 fully saturated rings. The van der Waals surface area contributed by atoms with Crippen molar-refractivity contribution < 1.29 is 0 Å². The topological polar surface area (TPSA) is 37.1 Å². The minimum atomic E-state index is 0.790. The Kier molecular flexibility index (Phi) is 3.60. The molecule has 0 unspecified atom stereocenters. The first kappa shape index (κ1) is 12.2. The largest absolute Gasteiger partial charge is 0.256 e. The summed E-state index contributed by atoms with van der Waals surface area (Å²) in [5, 5.41) is 10.2. The van der Waals surface area contributed by atoms with Gasteiger partial charge >= 0.3 is 0 Å². The van der Waals surface area contributed by atoms with E-state index in [1.165, 1.54) is 0 Å². The van der Waals surface area contributed by atoms with E-state index in [-0.39, 0.29) is 0 Å². The first-order chi connectivity index (χ1) is 9.93. The number of rotatable bonds is 1. The summed E-state index contributed by atoms with van der Waals surface area (Å²) in [4.78, 5) is 4.53. The molecular formula is C17H13N3. The molecule has 0 saturated carbocycles. The molecule has 0 atom stereocenters. The van der Waals surface area contributed by atoms with E-state index >= 15 is 0 Å². The summed E-state index contributed by atoms with van der Waals surface area (Å²) in [5.74, 6) is 0. The third kappa shape index (κ3) is 2.78. The Morgan fingerprint density at radius 3 is 2.80 bits per heavy atom. The van der Waals surface area contributed by atoms with Crippen LogP contribution < -0.4 is 10.6 Å². The molecular weight excluding hydrogens is 246 g/mol. The molecule has 96 valence electrons. The molecule has 0 saturated heterocycles. The van der Waals surface area contributed by atoms with Crippen LogP contribution in [0.3, 0.4) is 0 Å². The van der Waals surface area contributed by atoms with Crippen molar-refractivity contribution in [2.24, 2.45) is 15.2 Å². The van der Waals surface area contributed by atoms with Crippen LogP contribution in [0, 0.1) is 0 Å². The highest BCUT2D eigenvalue weighted by Gasteiger charge is 2.01. The first-order valence-corrected chi connectivity index (χ1v) is 6.40. The molecule has 3 rings (SSSR count). The van der Waals surface area contributed by atoms with Crippen LogP contribution in [0.4, 0.5) is 0 Å². The van der Waals surface area contributed by atoms with Gasteiger partial charge in [-0.15, -0.1) is 0 Å². The number of benzene rings is 1. The molecule has 1 aromatic carbocycles. The zero-order valence-electron chi connectivity index (χ0n) is 10.8. The Morgan fingerprint density at radius 1 is 0.850 bits per heavy atom. The normalized spacial score (nSPS) is 16.6. The lowest BCUT2D eigenvalue weighted by Gasteiger charge is -2.02. The summed E-state index contributed by atoms with van der Waals surface area (Å²) in [5.41, 5.74) is 1.72. The molecule has 3 heteroatoms. The Morgan fingerprint density at radius 2 is 1.80 bits per heavy atom. The van der Waals surface area contributed by atoms with Crippen molar-refractivity contribution in [3.63, 3.8) is 0 Å². The van der Waals surface area contributed by atoms with Gasteiger partial charge < -0.3 is 0 Å². The summed E-state index contributed by atoms with van der Waals surface area (Å²) >= 11 is 0. The fourth-order valence-corrected chi connectivity index (χ4v) is 1.92. The van der Waals surface area contributed by atoms with Crippen molar-refractivity contribution in [3.8, 4) is 0 Å². The van der Waals surface area contributed by atoms with Gasteiger partial charge in [-0.25, -0.2) is 0 Å². The zero-order chi connectivity index (χ0) is 13.6. The van der Waals surface area contributed by atoms with Crippen LogP contribution in [0.15, 0.2) is 99.6 Å². The number of allylic oxidation sites excluding steroid dienone is 6. The van der Waals surface area contributed by atoms with Gasteiger partial charge in [-0.05, 0) is 18.2 Å². The Labute approximate surface area is 117 Å². The van der Waals surface area contributed by atoms with Gasteiger partial charge in [0.2, 0.25) is 0 Å². The van der Waals surface area contributed by atoms with Crippen LogP contribution in [-0.2, 0) is 0 Å². The van der Waals surface area contributed by atoms with Gasteiger partial charge in [-0.2, -0.15) is 10.2 Å². The minimum absolute atomic E-state index is 0.790. The molecule has 1 aromatic rings. The standard InChI is InChI=1S/C17H13N3/c1-2-11-17(20-19-12-5-1)15-9-6-8-14-7-3-4-10-16(14)18-13-15/h1-13H. The van der Waals surface area contributed by atoms with Gasteiger partial charge in [-0.1, -0.05) is 48.6 Å². The highest BCUT2D eigenvalue weighted by molar-refractivity contribution is 5.48. The second kappa shape index (κ2) is 5.89. The number of hydrogen-bond donors (Lipinski definition) is 0. The average molecular weight is 259 g/mol. The molecule has 0 aromatic heterocycles. The third-order valence-corrected chi connectivity index (χ3v) is 2.92. The maximum Gasteiger partial charge on any atom is 0.0944 e. The van der Waals surface area contributed by atoms with Gasteiger partial charge in [-0.3, -0.25) is 4.99 Å². The summed E-state index contributed by atoms with van der Waals surface area (Å²) < 4.78 is 0. The maximum atomic E-state index is 4.53. The summed E-state index contributed by atoms with van der Waals surface area (Å²) in [6, 6.07) is 8.03. The van der Waals surface area contributed by atoms with Crippen LogP contribution in [-0.4, -0.2) is 0 Å². The van der Waals surface area contributed by atoms with Crippen molar-refractivity contribution >= 4 is 6.08 Å². The van der Waals surface area contributed by atoms with Crippen LogP contribution in [0.25, 0.3) is 6.08 Å². The van der Waals surface area contributed by atoms with E-state index in [1.807, 2.05) is 73.0 Å². The summed E-state index contributed by atoms with van der Waals surface area (Å²) in [7, 11) is 0. The van der Waals surface area contributed by atoms with Crippen molar-refractivity contribution in [3.05, 3.63) is 95.0 Å². The van der Waals surface area contributed by atoms with E-state index in [9.17, 15) is 0 Å². The molecule has 0 amide bonds. The molecule has 2 aliphatic heterocycles. The molecule has 0 radical (unpaired) electrons. The maximum absolute atomic E-state index is 4.53. The van der Waals surface area contributed by atoms with Gasteiger partial charge in [0, 0.05) is 23.2 Å². The Balaban J connectivity index is 2.06. The number of nitrogens with zero attached hydrogens (tertiary/aromatic N) is 3. The molecule has 0 aliphatic carbocycles. The van der Waals surface area contributed by atoms with Crippen LogP contribution in [0.1, 0.15) is 0 Å². The van der Waals surface area contributed by atoms with E-state index in [0.717, 1.165) is 21.8 Å². The number of para-hydroxylation sites is 1. The predicted octanol–water partition coefficient (Wildman–Crippen LogP) is 2.96. The average Bonchev–Trinajstić information content (AvgIpc) is 2.41. The third-order valence-electron chi connectivity index (χ3n) is 2.92. The molecule has 2 heterocycles. The zero-order valence-corrected chi connectivity index (χ0v) is 10.8. The van der Waals surface area contributed by atoms with Gasteiger partial charge in [0.1, 0.15) is 0 Å². The van der Waals surface area contributed by atoms with Crippen LogP contribution >= 0.6 is 0 Å². The quantitative estimate of drug-likeness (QED) is 0.743. The minimum Gasteiger partial charge on any atom is -0.256 e. The molecule has 3 nitrogen and oxygen atoms in total. The smallest absolute Gasteiger partial charge is 0.0944 e. The van der Waals surface area contributed by atoms with Gasteiger partial charge in [0.15, 0.2) is 0 Å². The predicted molar refractivity (Wildman–Crippen MR) is 80.1 cm³/mol. The van der Waals surface area contributed by atoms with E-state index < -0.39 is 0 Å². The fraction of sp³-hybridized carbons (Fsp3) is 0.